The predicted molar refractivity (Wildman–Crippen MR) is 95.3 cm³/mol. The number of hydrogen-bond donors (Lipinski definition) is 1. The average Bonchev–Trinajstić information content (AvgIpc) is 2.67. The first-order chi connectivity index (χ1) is 12.2. The number of nitrogens with zero attached hydrogens (tertiary/aromatic N) is 1. The van der Waals surface area contributed by atoms with Crippen molar-refractivity contribution in [1.82, 2.24) is 4.98 Å². The lowest BCUT2D eigenvalue weighted by Gasteiger charge is -2.13. The van der Waals surface area contributed by atoms with E-state index in [2.05, 4.69) is 10.3 Å². The molecule has 3 aromatic rings. The Bertz CT molecular complexity index is 808. The molecule has 1 N–H and O–H groups in total. The van der Waals surface area contributed by atoms with Crippen molar-refractivity contribution in [3.05, 3.63) is 83.8 Å². The number of benzene rings is 2. The van der Waals surface area contributed by atoms with Crippen molar-refractivity contribution < 1.29 is 13.9 Å². The number of pyridine rings is 1. The van der Waals surface area contributed by atoms with E-state index in [9.17, 15) is 4.39 Å². The Labute approximate surface area is 146 Å². The summed E-state index contributed by atoms with van der Waals surface area (Å²) in [6.45, 7) is 0.980. The Morgan fingerprint density at radius 2 is 1.76 bits per heavy atom. The quantitative estimate of drug-likeness (QED) is 0.692. The molecule has 0 aliphatic rings. The highest BCUT2D eigenvalue weighted by molar-refractivity contribution is 5.44. The number of hydrogen-bond acceptors (Lipinski definition) is 4. The zero-order valence-corrected chi connectivity index (χ0v) is 13.9. The zero-order chi connectivity index (χ0) is 17.5. The smallest absolute Gasteiger partial charge is 0.161 e. The first-order valence-electron chi connectivity index (χ1n) is 7.93. The molecule has 4 nitrogen and oxygen atoms in total. The van der Waals surface area contributed by atoms with E-state index in [1.165, 1.54) is 12.1 Å². The van der Waals surface area contributed by atoms with Crippen LogP contribution >= 0.6 is 0 Å². The molecule has 0 saturated carbocycles. The van der Waals surface area contributed by atoms with Gasteiger partial charge >= 0.3 is 0 Å². The highest BCUT2D eigenvalue weighted by atomic mass is 19.1. The van der Waals surface area contributed by atoms with Gasteiger partial charge in [-0.05, 0) is 47.5 Å². The minimum Gasteiger partial charge on any atom is -0.493 e. The average molecular weight is 338 g/mol. The van der Waals surface area contributed by atoms with Crippen LogP contribution in [0.3, 0.4) is 0 Å². The Kier molecular flexibility index (Phi) is 5.46. The van der Waals surface area contributed by atoms with Crippen LogP contribution in [0.5, 0.6) is 11.5 Å². The summed E-state index contributed by atoms with van der Waals surface area (Å²) in [5.41, 5.74) is 1.95. The van der Waals surface area contributed by atoms with Crippen LogP contribution in [-0.4, -0.2) is 12.1 Å². The molecule has 0 unspecified atom stereocenters. The van der Waals surface area contributed by atoms with Crippen molar-refractivity contribution in [1.29, 1.82) is 0 Å². The summed E-state index contributed by atoms with van der Waals surface area (Å²) in [7, 11) is 1.61. The lowest BCUT2D eigenvalue weighted by atomic mass is 10.2. The molecule has 0 bridgehead atoms. The lowest BCUT2D eigenvalue weighted by molar-refractivity contribution is 0.284. The summed E-state index contributed by atoms with van der Waals surface area (Å²) in [6.07, 6.45) is 1.75. The van der Waals surface area contributed by atoms with E-state index >= 15 is 0 Å². The molecule has 0 aliphatic carbocycles. The van der Waals surface area contributed by atoms with E-state index in [1.54, 1.807) is 25.4 Å². The second-order valence-electron chi connectivity index (χ2n) is 5.47. The van der Waals surface area contributed by atoms with Gasteiger partial charge in [0.2, 0.25) is 0 Å². The van der Waals surface area contributed by atoms with Gasteiger partial charge < -0.3 is 14.8 Å². The molecular weight excluding hydrogens is 319 g/mol. The van der Waals surface area contributed by atoms with E-state index in [0.29, 0.717) is 24.7 Å². The number of halogens is 1. The fraction of sp³-hybridized carbons (Fsp3) is 0.150. The van der Waals surface area contributed by atoms with Gasteiger partial charge in [-0.1, -0.05) is 24.3 Å². The molecule has 0 radical (unpaired) electrons. The van der Waals surface area contributed by atoms with Gasteiger partial charge in [0.15, 0.2) is 11.5 Å². The molecular formula is C20H19FN2O2. The number of aromatic nitrogens is 1. The van der Waals surface area contributed by atoms with Gasteiger partial charge in [-0.25, -0.2) is 9.37 Å². The van der Waals surface area contributed by atoms with Crippen molar-refractivity contribution in [2.24, 2.45) is 0 Å². The Balaban J connectivity index is 1.63. The fourth-order valence-corrected chi connectivity index (χ4v) is 2.34. The summed E-state index contributed by atoms with van der Waals surface area (Å²) in [5.74, 6) is 1.86. The maximum absolute atomic E-state index is 12.9. The highest BCUT2D eigenvalue weighted by Gasteiger charge is 2.07. The van der Waals surface area contributed by atoms with Gasteiger partial charge in [-0.2, -0.15) is 0 Å². The van der Waals surface area contributed by atoms with Crippen molar-refractivity contribution in [2.45, 2.75) is 13.2 Å². The Hall–Kier alpha value is -3.08. The van der Waals surface area contributed by atoms with Gasteiger partial charge in [0.05, 0.1) is 7.11 Å². The SMILES string of the molecule is COc1cc(CNc2ccccn2)ccc1OCc1ccc(F)cc1. The van der Waals surface area contributed by atoms with Gasteiger partial charge in [-0.15, -0.1) is 0 Å². The van der Waals surface area contributed by atoms with E-state index < -0.39 is 0 Å². The van der Waals surface area contributed by atoms with E-state index in [0.717, 1.165) is 16.9 Å². The van der Waals surface area contributed by atoms with Crippen LogP contribution in [0.15, 0.2) is 66.9 Å². The summed E-state index contributed by atoms with van der Waals surface area (Å²) >= 11 is 0. The number of ether oxygens (including phenoxy) is 2. The number of nitrogens with one attached hydrogen (secondary N) is 1. The molecule has 128 valence electrons. The molecule has 0 amide bonds. The second kappa shape index (κ2) is 8.15. The molecule has 0 aliphatic heterocycles. The minimum absolute atomic E-state index is 0.258. The van der Waals surface area contributed by atoms with Crippen LogP contribution < -0.4 is 14.8 Å². The second-order valence-corrected chi connectivity index (χ2v) is 5.47. The monoisotopic (exact) mass is 338 g/mol. The molecule has 0 atom stereocenters. The normalized spacial score (nSPS) is 10.3. The van der Waals surface area contributed by atoms with Crippen molar-refractivity contribution >= 4 is 5.82 Å². The largest absolute Gasteiger partial charge is 0.493 e. The van der Waals surface area contributed by atoms with Crippen LogP contribution in [0.25, 0.3) is 0 Å². The fourth-order valence-electron chi connectivity index (χ4n) is 2.34. The zero-order valence-electron chi connectivity index (χ0n) is 13.9. The molecule has 0 spiro atoms. The third-order valence-corrected chi connectivity index (χ3v) is 3.67. The van der Waals surface area contributed by atoms with Gasteiger partial charge in [0.25, 0.3) is 0 Å². The first kappa shape index (κ1) is 16.8. The van der Waals surface area contributed by atoms with Crippen molar-refractivity contribution in [2.75, 3.05) is 12.4 Å². The van der Waals surface area contributed by atoms with Gasteiger partial charge in [0, 0.05) is 12.7 Å². The molecule has 0 fully saturated rings. The van der Waals surface area contributed by atoms with Crippen LogP contribution in [0.4, 0.5) is 10.2 Å². The minimum atomic E-state index is -0.258. The number of methoxy groups -OCH3 is 1. The van der Waals surface area contributed by atoms with Crippen LogP contribution in [0, 0.1) is 5.82 Å². The van der Waals surface area contributed by atoms with E-state index in [1.807, 2.05) is 36.4 Å². The first-order valence-corrected chi connectivity index (χ1v) is 7.93. The summed E-state index contributed by atoms with van der Waals surface area (Å²) in [6, 6.07) is 17.7. The molecule has 3 rings (SSSR count). The lowest BCUT2D eigenvalue weighted by Crippen LogP contribution is -2.02. The topological polar surface area (TPSA) is 43.4 Å². The maximum Gasteiger partial charge on any atom is 0.161 e. The van der Waals surface area contributed by atoms with Crippen LogP contribution in [0.2, 0.25) is 0 Å². The third-order valence-electron chi connectivity index (χ3n) is 3.67. The standard InChI is InChI=1S/C20H19FN2O2/c1-24-19-12-16(13-23-20-4-2-3-11-22-20)7-10-18(19)25-14-15-5-8-17(21)9-6-15/h2-12H,13-14H2,1H3,(H,22,23). The molecule has 1 aromatic heterocycles. The molecule has 5 heteroatoms. The highest BCUT2D eigenvalue weighted by Crippen LogP contribution is 2.29. The van der Waals surface area contributed by atoms with Crippen molar-refractivity contribution in [3.63, 3.8) is 0 Å². The summed E-state index contributed by atoms with van der Waals surface area (Å²) < 4.78 is 24.1. The van der Waals surface area contributed by atoms with Crippen LogP contribution in [0.1, 0.15) is 11.1 Å². The molecule has 25 heavy (non-hydrogen) atoms. The van der Waals surface area contributed by atoms with E-state index in [-0.39, 0.29) is 5.82 Å². The summed E-state index contributed by atoms with van der Waals surface area (Å²) in [4.78, 5) is 4.23. The molecule has 2 aromatic carbocycles. The predicted octanol–water partition coefficient (Wildman–Crippen LogP) is 4.42. The number of anilines is 1. The summed E-state index contributed by atoms with van der Waals surface area (Å²) in [5, 5.41) is 3.25. The van der Waals surface area contributed by atoms with Crippen molar-refractivity contribution in [3.8, 4) is 11.5 Å². The Morgan fingerprint density at radius 1 is 0.960 bits per heavy atom. The molecule has 1 heterocycles. The van der Waals surface area contributed by atoms with Gasteiger partial charge in [-0.3, -0.25) is 0 Å². The van der Waals surface area contributed by atoms with E-state index in [4.69, 9.17) is 9.47 Å². The third kappa shape index (κ3) is 4.70. The molecule has 0 saturated heterocycles. The number of rotatable bonds is 7. The Morgan fingerprint density at radius 3 is 2.48 bits per heavy atom. The van der Waals surface area contributed by atoms with Gasteiger partial charge in [0.1, 0.15) is 18.2 Å². The maximum atomic E-state index is 12.9. The van der Waals surface area contributed by atoms with Crippen LogP contribution in [-0.2, 0) is 13.2 Å².